The minimum Gasteiger partial charge on any atom is -0.322 e. The van der Waals surface area contributed by atoms with Crippen LogP contribution in [0.1, 0.15) is 60.1 Å². The third-order valence-electron chi connectivity index (χ3n) is 5.68. The van der Waals surface area contributed by atoms with Crippen LogP contribution in [0.25, 0.3) is 0 Å². The first kappa shape index (κ1) is 16.2. The molecule has 2 unspecified atom stereocenters. The van der Waals surface area contributed by atoms with Gasteiger partial charge in [0.05, 0.1) is 5.56 Å². The maximum Gasteiger partial charge on any atom is 0.282 e. The number of nitrogens with zero attached hydrogens (tertiary/aromatic N) is 2. The number of para-hydroxylation sites is 1. The van der Waals surface area contributed by atoms with Gasteiger partial charge in [0, 0.05) is 18.9 Å². The summed E-state index contributed by atoms with van der Waals surface area (Å²) in [5.74, 6) is 0.676. The molecule has 0 saturated heterocycles. The van der Waals surface area contributed by atoms with E-state index in [1.54, 1.807) is 0 Å². The zero-order chi connectivity index (χ0) is 17.8. The molecule has 2 aliphatic rings. The number of carbonyl (C=O) groups is 1. The van der Waals surface area contributed by atoms with Gasteiger partial charge in [-0.1, -0.05) is 25.1 Å². The van der Waals surface area contributed by atoms with Gasteiger partial charge in [-0.15, -0.1) is 0 Å². The summed E-state index contributed by atoms with van der Waals surface area (Å²) in [6, 6.07) is 7.70. The molecule has 25 heavy (non-hydrogen) atoms. The lowest BCUT2D eigenvalue weighted by Crippen LogP contribution is -2.15. The van der Waals surface area contributed by atoms with Gasteiger partial charge < -0.3 is 5.32 Å². The second-order valence-electron chi connectivity index (χ2n) is 7.48. The number of halogens is 2. The summed E-state index contributed by atoms with van der Waals surface area (Å²) in [6.45, 7) is 2.31. The van der Waals surface area contributed by atoms with E-state index in [9.17, 15) is 13.6 Å². The molecule has 2 aliphatic carbocycles. The van der Waals surface area contributed by atoms with Gasteiger partial charge >= 0.3 is 0 Å². The highest BCUT2D eigenvalue weighted by molar-refractivity contribution is 6.05. The molecule has 1 aromatic heterocycles. The molecular formula is C19H21F2N3O. The van der Waals surface area contributed by atoms with Crippen LogP contribution in [0.5, 0.6) is 0 Å². The molecule has 1 N–H and O–H groups in total. The number of hydrogen-bond acceptors (Lipinski definition) is 2. The van der Waals surface area contributed by atoms with Gasteiger partial charge in [0.25, 0.3) is 12.3 Å². The van der Waals surface area contributed by atoms with E-state index in [0.717, 1.165) is 17.9 Å². The van der Waals surface area contributed by atoms with Crippen LogP contribution in [-0.4, -0.2) is 15.7 Å². The van der Waals surface area contributed by atoms with Gasteiger partial charge in [0.2, 0.25) is 0 Å². The second kappa shape index (κ2) is 5.64. The highest BCUT2D eigenvalue weighted by Crippen LogP contribution is 2.70. The van der Waals surface area contributed by atoms with Gasteiger partial charge in [-0.2, -0.15) is 5.10 Å². The molecule has 2 atom stereocenters. The van der Waals surface area contributed by atoms with Gasteiger partial charge in [-0.25, -0.2) is 8.78 Å². The first-order valence-corrected chi connectivity index (χ1v) is 8.62. The third-order valence-corrected chi connectivity index (χ3v) is 5.68. The predicted molar refractivity (Wildman–Crippen MR) is 90.7 cm³/mol. The van der Waals surface area contributed by atoms with Gasteiger partial charge in [0.15, 0.2) is 0 Å². The van der Waals surface area contributed by atoms with Gasteiger partial charge in [-0.05, 0) is 48.1 Å². The monoisotopic (exact) mass is 345 g/mol. The summed E-state index contributed by atoms with van der Waals surface area (Å²) in [7, 11) is 1.53. The molecule has 6 heteroatoms. The van der Waals surface area contributed by atoms with E-state index in [0.29, 0.717) is 17.0 Å². The van der Waals surface area contributed by atoms with Gasteiger partial charge in [-0.3, -0.25) is 9.48 Å². The first-order chi connectivity index (χ1) is 11.9. The SMILES string of the molecule is Cn1cc(C(=O)Nc2ccccc2C2CC2(C)C2CC2)c(C(F)F)n1. The number of aryl methyl sites for hydroxylation is 1. The molecule has 0 bridgehead atoms. The summed E-state index contributed by atoms with van der Waals surface area (Å²) in [6.07, 6.45) is 2.26. The van der Waals surface area contributed by atoms with Crippen molar-refractivity contribution in [1.29, 1.82) is 0 Å². The Bertz CT molecular complexity index is 828. The highest BCUT2D eigenvalue weighted by atomic mass is 19.3. The van der Waals surface area contributed by atoms with Crippen molar-refractivity contribution in [3.8, 4) is 0 Å². The Morgan fingerprint density at radius 1 is 1.36 bits per heavy atom. The molecule has 2 aromatic rings. The Balaban J connectivity index is 1.59. The minimum absolute atomic E-state index is 0.0759. The lowest BCUT2D eigenvalue weighted by molar-refractivity contribution is 0.101. The molecule has 1 heterocycles. The Labute approximate surface area is 145 Å². The van der Waals surface area contributed by atoms with Crippen molar-refractivity contribution in [1.82, 2.24) is 9.78 Å². The van der Waals surface area contributed by atoms with E-state index in [1.165, 1.54) is 30.8 Å². The number of carbonyl (C=O) groups excluding carboxylic acids is 1. The molecule has 0 spiro atoms. The Kier molecular flexibility index (Phi) is 3.67. The van der Waals surface area contributed by atoms with E-state index in [4.69, 9.17) is 0 Å². The lowest BCUT2D eigenvalue weighted by Gasteiger charge is -2.14. The molecule has 0 radical (unpaired) electrons. The van der Waals surface area contributed by atoms with Gasteiger partial charge in [0.1, 0.15) is 5.69 Å². The molecule has 132 valence electrons. The molecule has 2 fully saturated rings. The predicted octanol–water partition coefficient (Wildman–Crippen LogP) is 4.51. The summed E-state index contributed by atoms with van der Waals surface area (Å²) < 4.78 is 27.4. The average Bonchev–Trinajstić information content (AvgIpc) is 3.47. The number of rotatable bonds is 5. The number of anilines is 1. The molecule has 4 rings (SSSR count). The van der Waals surface area contributed by atoms with Crippen molar-refractivity contribution in [3.63, 3.8) is 0 Å². The number of nitrogens with one attached hydrogen (secondary N) is 1. The largest absolute Gasteiger partial charge is 0.322 e. The fraction of sp³-hybridized carbons (Fsp3) is 0.474. The van der Waals surface area contributed by atoms with Crippen molar-refractivity contribution in [2.24, 2.45) is 18.4 Å². The highest BCUT2D eigenvalue weighted by Gasteiger charge is 2.59. The summed E-state index contributed by atoms with van der Waals surface area (Å²) >= 11 is 0. The smallest absolute Gasteiger partial charge is 0.282 e. The topological polar surface area (TPSA) is 46.9 Å². The summed E-state index contributed by atoms with van der Waals surface area (Å²) in [4.78, 5) is 12.6. The maximum absolute atomic E-state index is 13.1. The summed E-state index contributed by atoms with van der Waals surface area (Å²) in [5, 5.41) is 6.53. The molecule has 4 nitrogen and oxygen atoms in total. The van der Waals surface area contributed by atoms with Crippen LogP contribution in [0.3, 0.4) is 0 Å². The standard InChI is InChI=1S/C19H21F2N3O/c1-19(11-7-8-11)9-14(19)12-5-3-4-6-15(12)22-18(25)13-10-24(2)23-16(13)17(20)21/h3-6,10-11,14,17H,7-9H2,1-2H3,(H,22,25). The van der Waals surface area contributed by atoms with Crippen LogP contribution in [0.15, 0.2) is 30.5 Å². The number of amides is 1. The van der Waals surface area contributed by atoms with Crippen LogP contribution in [-0.2, 0) is 7.05 Å². The fourth-order valence-electron chi connectivity index (χ4n) is 3.99. The van der Waals surface area contributed by atoms with E-state index in [1.807, 2.05) is 24.3 Å². The molecule has 0 aliphatic heterocycles. The van der Waals surface area contributed by atoms with E-state index >= 15 is 0 Å². The Morgan fingerprint density at radius 2 is 2.08 bits per heavy atom. The average molecular weight is 345 g/mol. The van der Waals surface area contributed by atoms with Crippen molar-refractivity contribution in [2.45, 2.75) is 38.5 Å². The summed E-state index contributed by atoms with van der Waals surface area (Å²) in [5.41, 5.74) is 1.59. The van der Waals surface area contributed by atoms with Crippen LogP contribution in [0.2, 0.25) is 0 Å². The molecule has 2 saturated carbocycles. The lowest BCUT2D eigenvalue weighted by atomic mass is 9.95. The van der Waals surface area contributed by atoms with Crippen molar-refractivity contribution in [3.05, 3.63) is 47.3 Å². The zero-order valence-corrected chi connectivity index (χ0v) is 14.3. The number of hydrogen-bond donors (Lipinski definition) is 1. The van der Waals surface area contributed by atoms with E-state index in [-0.39, 0.29) is 5.56 Å². The molecule has 1 amide bonds. The van der Waals surface area contributed by atoms with Crippen LogP contribution in [0.4, 0.5) is 14.5 Å². The molecule has 1 aromatic carbocycles. The number of aromatic nitrogens is 2. The number of alkyl halides is 2. The van der Waals surface area contributed by atoms with Crippen LogP contribution in [0, 0.1) is 11.3 Å². The number of benzene rings is 1. The zero-order valence-electron chi connectivity index (χ0n) is 14.3. The van der Waals surface area contributed by atoms with Crippen molar-refractivity contribution >= 4 is 11.6 Å². The first-order valence-electron chi connectivity index (χ1n) is 8.62. The van der Waals surface area contributed by atoms with Crippen molar-refractivity contribution in [2.75, 3.05) is 5.32 Å². The molecular weight excluding hydrogens is 324 g/mol. The third kappa shape index (κ3) is 2.83. The normalized spacial score (nSPS) is 25.2. The minimum atomic E-state index is -2.78. The van der Waals surface area contributed by atoms with Crippen molar-refractivity contribution < 1.29 is 13.6 Å². The second-order valence-corrected chi connectivity index (χ2v) is 7.48. The fourth-order valence-corrected chi connectivity index (χ4v) is 3.99. The van der Waals surface area contributed by atoms with E-state index in [2.05, 4.69) is 17.3 Å². The van der Waals surface area contributed by atoms with Crippen LogP contribution >= 0.6 is 0 Å². The quantitative estimate of drug-likeness (QED) is 0.866. The maximum atomic E-state index is 13.1. The Morgan fingerprint density at radius 3 is 2.76 bits per heavy atom. The Hall–Kier alpha value is -2.24. The van der Waals surface area contributed by atoms with E-state index < -0.39 is 18.0 Å². The van der Waals surface area contributed by atoms with Crippen LogP contribution < -0.4 is 5.32 Å².